The minimum Gasteiger partial charge on any atom is -0.349 e. The van der Waals surface area contributed by atoms with Crippen LogP contribution < -0.4 is 10.2 Å². The Balaban J connectivity index is 1.18. The van der Waals surface area contributed by atoms with E-state index in [0.29, 0.717) is 41.2 Å². The minimum absolute atomic E-state index is 0.246. The standard InChI is InChI=1S/C29H31F2N7O/c1-35-13-15-36(16-14-35)19-20-4-6-21(7-5-20)29(39)33-25-18-32-38-12-10-27(34-28(25)38)37-11-2-3-26(37)23-17-22(30)8-9-24(23)31/h4-10,12,17-18,26H,2-3,11,13-16,19H2,1H3,(H,33,39). The number of halogens is 2. The van der Waals surface area contributed by atoms with Crippen LogP contribution in [0.3, 0.4) is 0 Å². The number of anilines is 2. The second kappa shape index (κ2) is 10.7. The maximum Gasteiger partial charge on any atom is 0.255 e. The van der Waals surface area contributed by atoms with Gasteiger partial charge in [0.2, 0.25) is 0 Å². The lowest BCUT2D eigenvalue weighted by molar-refractivity contribution is 0.102. The molecule has 2 aromatic heterocycles. The van der Waals surface area contributed by atoms with Gasteiger partial charge in [0.1, 0.15) is 23.1 Å². The molecule has 4 aromatic rings. The van der Waals surface area contributed by atoms with E-state index in [1.807, 2.05) is 29.2 Å². The summed E-state index contributed by atoms with van der Waals surface area (Å²) in [5.41, 5.74) is 3.02. The third-order valence-corrected chi connectivity index (χ3v) is 7.68. The number of amides is 1. The number of nitrogens with zero attached hydrogens (tertiary/aromatic N) is 6. The van der Waals surface area contributed by atoms with Gasteiger partial charge in [-0.1, -0.05) is 12.1 Å². The topological polar surface area (TPSA) is 69.0 Å². The van der Waals surface area contributed by atoms with Gasteiger partial charge in [0.25, 0.3) is 5.91 Å². The van der Waals surface area contributed by atoms with E-state index >= 15 is 0 Å². The van der Waals surface area contributed by atoms with Gasteiger partial charge in [-0.25, -0.2) is 18.3 Å². The summed E-state index contributed by atoms with van der Waals surface area (Å²) in [4.78, 5) is 24.6. The van der Waals surface area contributed by atoms with Crippen LogP contribution in [0.25, 0.3) is 5.65 Å². The second-order valence-electron chi connectivity index (χ2n) is 10.4. The normalized spacial score (nSPS) is 18.6. The van der Waals surface area contributed by atoms with Gasteiger partial charge in [-0.15, -0.1) is 0 Å². The molecule has 202 valence electrons. The van der Waals surface area contributed by atoms with E-state index in [9.17, 15) is 13.6 Å². The number of likely N-dealkylation sites (N-methyl/N-ethyl adjacent to an activating group) is 1. The van der Waals surface area contributed by atoms with E-state index in [1.165, 1.54) is 17.7 Å². The van der Waals surface area contributed by atoms with Crippen molar-refractivity contribution in [1.82, 2.24) is 24.4 Å². The quantitative estimate of drug-likeness (QED) is 0.399. The summed E-state index contributed by atoms with van der Waals surface area (Å²) in [5.74, 6) is -0.516. The summed E-state index contributed by atoms with van der Waals surface area (Å²) >= 11 is 0. The highest BCUT2D eigenvalue weighted by atomic mass is 19.1. The third-order valence-electron chi connectivity index (χ3n) is 7.68. The molecule has 2 aromatic carbocycles. The number of fused-ring (bicyclic) bond motifs is 1. The molecule has 8 nitrogen and oxygen atoms in total. The molecule has 2 aliphatic rings. The molecule has 0 bridgehead atoms. The van der Waals surface area contributed by atoms with E-state index in [2.05, 4.69) is 27.3 Å². The molecule has 0 spiro atoms. The molecule has 1 atom stereocenters. The number of hydrogen-bond donors (Lipinski definition) is 1. The predicted octanol–water partition coefficient (Wildman–Crippen LogP) is 4.35. The summed E-state index contributed by atoms with van der Waals surface area (Å²) in [6.45, 7) is 5.75. The van der Waals surface area contributed by atoms with Crippen molar-refractivity contribution >= 4 is 23.1 Å². The molecule has 2 fully saturated rings. The van der Waals surface area contributed by atoms with E-state index in [-0.39, 0.29) is 11.9 Å². The van der Waals surface area contributed by atoms with Crippen LogP contribution in [0.1, 0.15) is 40.4 Å². The lowest BCUT2D eigenvalue weighted by atomic mass is 10.0. The summed E-state index contributed by atoms with van der Waals surface area (Å²) in [6.07, 6.45) is 4.86. The van der Waals surface area contributed by atoms with Gasteiger partial charge in [0, 0.05) is 56.6 Å². The summed E-state index contributed by atoms with van der Waals surface area (Å²) in [5, 5.41) is 7.26. The number of hydrogen-bond acceptors (Lipinski definition) is 6. The fourth-order valence-corrected chi connectivity index (χ4v) is 5.46. The molecule has 1 N–H and O–H groups in total. The summed E-state index contributed by atoms with van der Waals surface area (Å²) in [6, 6.07) is 12.7. The molecule has 1 unspecified atom stereocenters. The van der Waals surface area contributed by atoms with Crippen molar-refractivity contribution in [3.63, 3.8) is 0 Å². The number of carbonyl (C=O) groups is 1. The number of carbonyl (C=O) groups excluding carboxylic acids is 1. The Morgan fingerprint density at radius 3 is 2.62 bits per heavy atom. The van der Waals surface area contributed by atoms with Gasteiger partial charge >= 0.3 is 0 Å². The molecular weight excluding hydrogens is 500 g/mol. The zero-order valence-electron chi connectivity index (χ0n) is 21.9. The SMILES string of the molecule is CN1CCN(Cc2ccc(C(=O)Nc3cnn4ccc(N5CCCC5c5cc(F)ccc5F)nc34)cc2)CC1. The first-order valence-electron chi connectivity index (χ1n) is 13.3. The molecule has 0 radical (unpaired) electrons. The van der Waals surface area contributed by atoms with Crippen molar-refractivity contribution in [2.75, 3.05) is 50.0 Å². The van der Waals surface area contributed by atoms with Crippen LogP contribution in [0.2, 0.25) is 0 Å². The average Bonchev–Trinajstić information content (AvgIpc) is 3.59. The van der Waals surface area contributed by atoms with E-state index in [4.69, 9.17) is 4.98 Å². The van der Waals surface area contributed by atoms with Gasteiger partial charge in [-0.05, 0) is 61.9 Å². The maximum absolute atomic E-state index is 14.6. The highest BCUT2D eigenvalue weighted by Gasteiger charge is 2.30. The van der Waals surface area contributed by atoms with Crippen molar-refractivity contribution in [2.24, 2.45) is 0 Å². The number of benzene rings is 2. The Hall–Kier alpha value is -3.89. The molecule has 4 heterocycles. The van der Waals surface area contributed by atoms with E-state index in [1.54, 1.807) is 23.0 Å². The zero-order valence-corrected chi connectivity index (χ0v) is 21.9. The van der Waals surface area contributed by atoms with Gasteiger partial charge in [0.15, 0.2) is 5.65 Å². The van der Waals surface area contributed by atoms with Crippen molar-refractivity contribution in [3.8, 4) is 0 Å². The molecule has 0 aliphatic carbocycles. The first-order valence-corrected chi connectivity index (χ1v) is 13.3. The Morgan fingerprint density at radius 2 is 1.82 bits per heavy atom. The van der Waals surface area contributed by atoms with Crippen molar-refractivity contribution in [1.29, 1.82) is 0 Å². The molecule has 0 saturated carbocycles. The smallest absolute Gasteiger partial charge is 0.255 e. The summed E-state index contributed by atoms with van der Waals surface area (Å²) in [7, 11) is 2.14. The lowest BCUT2D eigenvalue weighted by Crippen LogP contribution is -2.43. The van der Waals surface area contributed by atoms with Crippen LogP contribution >= 0.6 is 0 Å². The van der Waals surface area contributed by atoms with E-state index in [0.717, 1.165) is 45.2 Å². The van der Waals surface area contributed by atoms with Crippen LogP contribution in [0.5, 0.6) is 0 Å². The molecule has 2 aliphatic heterocycles. The second-order valence-corrected chi connectivity index (χ2v) is 10.4. The highest BCUT2D eigenvalue weighted by Crippen LogP contribution is 2.37. The van der Waals surface area contributed by atoms with Crippen LogP contribution in [0, 0.1) is 11.6 Å². The molecule has 2 saturated heterocycles. The number of rotatable bonds is 6. The van der Waals surface area contributed by atoms with Crippen LogP contribution in [0.4, 0.5) is 20.3 Å². The first kappa shape index (κ1) is 25.4. The molecular formula is C29H31F2N7O. The summed E-state index contributed by atoms with van der Waals surface area (Å²) < 4.78 is 30.0. The van der Waals surface area contributed by atoms with Crippen molar-refractivity contribution < 1.29 is 13.6 Å². The van der Waals surface area contributed by atoms with Crippen molar-refractivity contribution in [3.05, 3.63) is 89.2 Å². The van der Waals surface area contributed by atoms with Gasteiger partial charge in [0.05, 0.1) is 12.2 Å². The van der Waals surface area contributed by atoms with Gasteiger partial charge in [-0.2, -0.15) is 5.10 Å². The lowest BCUT2D eigenvalue weighted by Gasteiger charge is -2.32. The molecule has 6 rings (SSSR count). The fourth-order valence-electron chi connectivity index (χ4n) is 5.46. The Morgan fingerprint density at radius 1 is 1.03 bits per heavy atom. The van der Waals surface area contributed by atoms with Crippen LogP contribution in [-0.2, 0) is 6.54 Å². The van der Waals surface area contributed by atoms with Gasteiger partial charge in [-0.3, -0.25) is 9.69 Å². The fraction of sp³-hybridized carbons (Fsp3) is 0.345. The highest BCUT2D eigenvalue weighted by molar-refractivity contribution is 6.06. The monoisotopic (exact) mass is 531 g/mol. The van der Waals surface area contributed by atoms with E-state index < -0.39 is 11.6 Å². The van der Waals surface area contributed by atoms with Crippen LogP contribution in [0.15, 0.2) is 60.9 Å². The predicted molar refractivity (Wildman–Crippen MR) is 146 cm³/mol. The minimum atomic E-state index is -0.463. The van der Waals surface area contributed by atoms with Crippen molar-refractivity contribution in [2.45, 2.75) is 25.4 Å². The molecule has 39 heavy (non-hydrogen) atoms. The average molecular weight is 532 g/mol. The number of aromatic nitrogens is 3. The third kappa shape index (κ3) is 5.35. The van der Waals surface area contributed by atoms with Gasteiger partial charge < -0.3 is 15.1 Å². The Bertz CT molecular complexity index is 1480. The number of nitrogens with one attached hydrogen (secondary N) is 1. The Kier molecular flexibility index (Phi) is 6.97. The largest absolute Gasteiger partial charge is 0.349 e. The Labute approximate surface area is 225 Å². The number of piperazine rings is 1. The first-order chi connectivity index (χ1) is 18.9. The maximum atomic E-state index is 14.6. The zero-order chi connectivity index (χ0) is 26.9. The molecule has 1 amide bonds. The van der Waals surface area contributed by atoms with Crippen LogP contribution in [-0.4, -0.2) is 70.1 Å². The molecule has 10 heteroatoms.